The van der Waals surface area contributed by atoms with Crippen molar-refractivity contribution < 1.29 is 9.59 Å². The molecule has 2 N–H and O–H groups in total. The fourth-order valence-corrected chi connectivity index (χ4v) is 2.34. The first-order valence-electron chi connectivity index (χ1n) is 7.09. The number of anilines is 2. The van der Waals surface area contributed by atoms with Crippen molar-refractivity contribution in [3.63, 3.8) is 0 Å². The minimum atomic E-state index is -0.427. The van der Waals surface area contributed by atoms with Crippen molar-refractivity contribution in [1.29, 1.82) is 5.26 Å². The molecule has 24 heavy (non-hydrogen) atoms. The van der Waals surface area contributed by atoms with Gasteiger partial charge in [-0.15, -0.1) is 0 Å². The van der Waals surface area contributed by atoms with E-state index in [0.717, 1.165) is 10.0 Å². The molecule has 0 atom stereocenters. The van der Waals surface area contributed by atoms with Gasteiger partial charge in [0.1, 0.15) is 6.42 Å². The van der Waals surface area contributed by atoms with E-state index >= 15 is 0 Å². The smallest absolute Gasteiger partial charge is 0.248 e. The van der Waals surface area contributed by atoms with Crippen LogP contribution < -0.4 is 10.6 Å². The Morgan fingerprint density at radius 2 is 1.79 bits per heavy atom. The Kier molecular flexibility index (Phi) is 6.29. The van der Waals surface area contributed by atoms with E-state index in [-0.39, 0.29) is 12.3 Å². The molecular weight excluding hydrogens is 370 g/mol. The van der Waals surface area contributed by atoms with Gasteiger partial charge < -0.3 is 10.6 Å². The first-order chi connectivity index (χ1) is 11.6. The molecule has 2 aromatic carbocycles. The second-order valence-electron chi connectivity index (χ2n) is 4.81. The third kappa shape index (κ3) is 5.38. The predicted octanol–water partition coefficient (Wildman–Crippen LogP) is 3.95. The van der Waals surface area contributed by atoms with E-state index in [2.05, 4.69) is 26.6 Å². The summed E-state index contributed by atoms with van der Waals surface area (Å²) >= 11 is 3.37. The van der Waals surface area contributed by atoms with Gasteiger partial charge in [-0.05, 0) is 35.9 Å². The molecule has 0 bridgehead atoms. The Labute approximate surface area is 148 Å². The molecule has 5 nitrogen and oxygen atoms in total. The number of nitrogens with zero attached hydrogens (tertiary/aromatic N) is 1. The Bertz CT molecular complexity index is 825. The summed E-state index contributed by atoms with van der Waals surface area (Å²) in [7, 11) is 0. The quantitative estimate of drug-likeness (QED) is 0.766. The first kappa shape index (κ1) is 17.4. The van der Waals surface area contributed by atoms with Crippen molar-refractivity contribution in [3.05, 3.63) is 64.6 Å². The van der Waals surface area contributed by atoms with Crippen LogP contribution in [0.3, 0.4) is 0 Å². The van der Waals surface area contributed by atoms with Gasteiger partial charge in [-0.2, -0.15) is 5.26 Å². The van der Waals surface area contributed by atoms with Crippen molar-refractivity contribution in [3.8, 4) is 6.07 Å². The second-order valence-corrected chi connectivity index (χ2v) is 5.72. The second kappa shape index (κ2) is 8.65. The summed E-state index contributed by atoms with van der Waals surface area (Å²) in [5, 5.41) is 13.8. The summed E-state index contributed by atoms with van der Waals surface area (Å²) in [4.78, 5) is 23.6. The third-order valence-corrected chi connectivity index (χ3v) is 3.47. The molecule has 0 aliphatic carbocycles. The Morgan fingerprint density at radius 1 is 1.08 bits per heavy atom. The molecule has 2 aromatic rings. The number of halogens is 1. The standard InChI is InChI=1S/C18H14BrN3O2/c19-14-5-3-4-13(12-14)8-9-17(23)21-15-6-1-2-7-16(15)22-18(24)10-11-20/h1-9,12H,10H2,(H,21,23)(H,22,24)/b9-8+. The molecule has 0 spiro atoms. The Balaban J connectivity index is 2.06. The van der Waals surface area contributed by atoms with Crippen LogP contribution >= 0.6 is 15.9 Å². The maximum Gasteiger partial charge on any atom is 0.248 e. The number of nitrogens with one attached hydrogen (secondary N) is 2. The molecule has 0 heterocycles. The molecular formula is C18H14BrN3O2. The summed E-state index contributed by atoms with van der Waals surface area (Å²) in [6.07, 6.45) is 2.86. The summed E-state index contributed by atoms with van der Waals surface area (Å²) in [6.45, 7) is 0. The van der Waals surface area contributed by atoms with Crippen LogP contribution in [-0.4, -0.2) is 11.8 Å². The largest absolute Gasteiger partial charge is 0.323 e. The van der Waals surface area contributed by atoms with Crippen LogP contribution in [0.5, 0.6) is 0 Å². The zero-order valence-corrected chi connectivity index (χ0v) is 14.2. The lowest BCUT2D eigenvalue weighted by atomic mass is 10.2. The highest BCUT2D eigenvalue weighted by Crippen LogP contribution is 2.21. The molecule has 120 valence electrons. The van der Waals surface area contributed by atoms with Crippen LogP contribution in [0, 0.1) is 11.3 Å². The van der Waals surface area contributed by atoms with Gasteiger partial charge in [0.15, 0.2) is 0 Å². The molecule has 0 aromatic heterocycles. The lowest BCUT2D eigenvalue weighted by Gasteiger charge is -2.10. The zero-order chi connectivity index (χ0) is 17.4. The van der Waals surface area contributed by atoms with Gasteiger partial charge in [0.2, 0.25) is 11.8 Å². The van der Waals surface area contributed by atoms with E-state index in [1.54, 1.807) is 36.4 Å². The molecule has 0 aliphatic heterocycles. The maximum absolute atomic E-state index is 12.1. The fraction of sp³-hybridized carbons (Fsp3) is 0.0556. The van der Waals surface area contributed by atoms with Gasteiger partial charge in [0.25, 0.3) is 0 Å². The molecule has 0 unspecified atom stereocenters. The maximum atomic E-state index is 12.1. The van der Waals surface area contributed by atoms with Crippen molar-refractivity contribution in [2.24, 2.45) is 0 Å². The van der Waals surface area contributed by atoms with Crippen LogP contribution in [-0.2, 0) is 9.59 Å². The van der Waals surface area contributed by atoms with Gasteiger partial charge in [-0.25, -0.2) is 0 Å². The lowest BCUT2D eigenvalue weighted by molar-refractivity contribution is -0.115. The van der Waals surface area contributed by atoms with Gasteiger partial charge in [0.05, 0.1) is 17.4 Å². The predicted molar refractivity (Wildman–Crippen MR) is 97.1 cm³/mol. The number of carbonyl (C=O) groups excluding carboxylic acids is 2. The van der Waals surface area contributed by atoms with Gasteiger partial charge in [-0.1, -0.05) is 40.2 Å². The average molecular weight is 384 g/mol. The number of nitriles is 1. The van der Waals surface area contributed by atoms with Crippen molar-refractivity contribution in [1.82, 2.24) is 0 Å². The highest BCUT2D eigenvalue weighted by molar-refractivity contribution is 9.10. The number of amides is 2. The summed E-state index contributed by atoms with van der Waals surface area (Å²) < 4.78 is 0.926. The third-order valence-electron chi connectivity index (χ3n) is 2.97. The van der Waals surface area contributed by atoms with Crippen molar-refractivity contribution >= 4 is 45.2 Å². The van der Waals surface area contributed by atoms with Crippen LogP contribution in [0.4, 0.5) is 11.4 Å². The van der Waals surface area contributed by atoms with Crippen LogP contribution in [0.25, 0.3) is 6.08 Å². The normalized spacial score (nSPS) is 10.2. The topological polar surface area (TPSA) is 82.0 Å². The average Bonchev–Trinajstić information content (AvgIpc) is 2.55. The lowest BCUT2D eigenvalue weighted by Crippen LogP contribution is -2.14. The number of rotatable bonds is 5. The molecule has 2 amide bonds. The van der Waals surface area contributed by atoms with Crippen molar-refractivity contribution in [2.75, 3.05) is 10.6 Å². The van der Waals surface area contributed by atoms with Crippen molar-refractivity contribution in [2.45, 2.75) is 6.42 Å². The molecule has 0 radical (unpaired) electrons. The monoisotopic (exact) mass is 383 g/mol. The fourth-order valence-electron chi connectivity index (χ4n) is 1.92. The van der Waals surface area contributed by atoms with Crippen LogP contribution in [0.15, 0.2) is 59.1 Å². The highest BCUT2D eigenvalue weighted by atomic mass is 79.9. The van der Waals surface area contributed by atoms with E-state index in [0.29, 0.717) is 11.4 Å². The van der Waals surface area contributed by atoms with Gasteiger partial charge in [-0.3, -0.25) is 9.59 Å². The SMILES string of the molecule is N#CCC(=O)Nc1ccccc1NC(=O)/C=C/c1cccc(Br)c1. The minimum absolute atomic E-state index is 0.245. The molecule has 0 saturated carbocycles. The first-order valence-corrected chi connectivity index (χ1v) is 7.88. The Hall–Kier alpha value is -2.91. The zero-order valence-electron chi connectivity index (χ0n) is 12.6. The van der Waals surface area contributed by atoms with E-state index in [9.17, 15) is 9.59 Å². The Morgan fingerprint density at radius 3 is 2.46 bits per heavy atom. The van der Waals surface area contributed by atoms with E-state index in [1.807, 2.05) is 24.3 Å². The van der Waals surface area contributed by atoms with Crippen LogP contribution in [0.2, 0.25) is 0 Å². The summed E-state index contributed by atoms with van der Waals surface area (Å²) in [5.74, 6) is -0.749. The van der Waals surface area contributed by atoms with Gasteiger partial charge >= 0.3 is 0 Å². The summed E-state index contributed by atoms with van der Waals surface area (Å²) in [5.41, 5.74) is 1.80. The van der Waals surface area contributed by atoms with Gasteiger partial charge in [0, 0.05) is 10.5 Å². The van der Waals surface area contributed by atoms with E-state index < -0.39 is 5.91 Å². The molecule has 6 heteroatoms. The number of para-hydroxylation sites is 2. The molecule has 2 rings (SSSR count). The highest BCUT2D eigenvalue weighted by Gasteiger charge is 2.07. The number of carbonyl (C=O) groups is 2. The molecule has 0 aliphatic rings. The number of hydrogen-bond acceptors (Lipinski definition) is 3. The van der Waals surface area contributed by atoms with Crippen LogP contribution in [0.1, 0.15) is 12.0 Å². The van der Waals surface area contributed by atoms with E-state index in [4.69, 9.17) is 5.26 Å². The number of benzene rings is 2. The minimum Gasteiger partial charge on any atom is -0.323 e. The summed E-state index contributed by atoms with van der Waals surface area (Å²) in [6, 6.07) is 16.1. The number of hydrogen-bond donors (Lipinski definition) is 2. The van der Waals surface area contributed by atoms with E-state index in [1.165, 1.54) is 6.08 Å². The molecule has 0 saturated heterocycles. The molecule has 0 fully saturated rings.